The number of carbonyl (C=O) groups excluding carboxylic acids is 2. The zero-order valence-corrected chi connectivity index (χ0v) is 18.3. The Hall–Kier alpha value is -3.51. The molecule has 2 N–H and O–H groups in total. The Balaban J connectivity index is 1.47. The molecule has 4 rings (SSSR count). The van der Waals surface area contributed by atoms with Crippen molar-refractivity contribution >= 4 is 17.5 Å². The first kappa shape index (κ1) is 21.7. The predicted octanol–water partition coefficient (Wildman–Crippen LogP) is 4.17. The summed E-state index contributed by atoms with van der Waals surface area (Å²) >= 11 is 0. The van der Waals surface area contributed by atoms with Gasteiger partial charge in [-0.15, -0.1) is 0 Å². The SMILES string of the molecule is Cc1cccc(C(=O)NCc2ccccc2CN2CCCC2)c1NC(=O)c1ccncc1. The number of hydrogen-bond donors (Lipinski definition) is 2. The molecule has 1 fully saturated rings. The number of hydrogen-bond acceptors (Lipinski definition) is 4. The fourth-order valence-corrected chi connectivity index (χ4v) is 4.05. The van der Waals surface area contributed by atoms with Crippen LogP contribution in [0, 0.1) is 6.92 Å². The summed E-state index contributed by atoms with van der Waals surface area (Å²) in [6, 6.07) is 17.0. The molecule has 0 radical (unpaired) electrons. The van der Waals surface area contributed by atoms with Crippen molar-refractivity contribution < 1.29 is 9.59 Å². The quantitative estimate of drug-likeness (QED) is 0.592. The number of para-hydroxylation sites is 1. The van der Waals surface area contributed by atoms with Gasteiger partial charge in [0, 0.05) is 31.0 Å². The fraction of sp³-hybridized carbons (Fsp3) is 0.269. The maximum absolute atomic E-state index is 13.1. The van der Waals surface area contributed by atoms with E-state index < -0.39 is 0 Å². The van der Waals surface area contributed by atoms with E-state index in [1.165, 1.54) is 18.4 Å². The lowest BCUT2D eigenvalue weighted by molar-refractivity contribution is 0.0951. The molecule has 0 atom stereocenters. The molecule has 32 heavy (non-hydrogen) atoms. The summed E-state index contributed by atoms with van der Waals surface area (Å²) in [5.74, 6) is -0.485. The molecule has 0 unspecified atom stereocenters. The third-order valence-electron chi connectivity index (χ3n) is 5.85. The standard InChI is InChI=1S/C26H28N4O2/c1-19-7-6-10-23(24(19)29-25(31)20-11-13-27-14-12-20)26(32)28-17-21-8-2-3-9-22(21)18-30-15-4-5-16-30/h2-3,6-14H,4-5,15-18H2,1H3,(H,28,32)(H,29,31). The molecule has 1 saturated heterocycles. The number of anilines is 1. The van der Waals surface area contributed by atoms with E-state index in [2.05, 4.69) is 32.7 Å². The van der Waals surface area contributed by atoms with Gasteiger partial charge in [-0.2, -0.15) is 0 Å². The Morgan fingerprint density at radius 3 is 2.38 bits per heavy atom. The number of amides is 2. The molecule has 2 aromatic carbocycles. The number of aryl methyl sites for hydroxylation is 1. The first-order chi connectivity index (χ1) is 15.6. The van der Waals surface area contributed by atoms with Crippen molar-refractivity contribution in [2.75, 3.05) is 18.4 Å². The van der Waals surface area contributed by atoms with Crippen LogP contribution >= 0.6 is 0 Å². The Bertz CT molecular complexity index is 1090. The van der Waals surface area contributed by atoms with Gasteiger partial charge in [-0.3, -0.25) is 19.5 Å². The van der Waals surface area contributed by atoms with Gasteiger partial charge in [-0.25, -0.2) is 0 Å². The van der Waals surface area contributed by atoms with E-state index in [4.69, 9.17) is 0 Å². The molecule has 1 aliphatic rings. The van der Waals surface area contributed by atoms with Crippen LogP contribution in [0.5, 0.6) is 0 Å². The number of pyridine rings is 1. The van der Waals surface area contributed by atoms with Gasteiger partial charge in [0.05, 0.1) is 11.3 Å². The van der Waals surface area contributed by atoms with Crippen LogP contribution in [0.1, 0.15) is 50.2 Å². The van der Waals surface area contributed by atoms with E-state index in [-0.39, 0.29) is 11.8 Å². The zero-order chi connectivity index (χ0) is 22.3. The maximum atomic E-state index is 13.1. The Kier molecular flexibility index (Phi) is 6.92. The van der Waals surface area contributed by atoms with Crippen molar-refractivity contribution in [2.45, 2.75) is 32.9 Å². The number of rotatable bonds is 7. The van der Waals surface area contributed by atoms with Crippen molar-refractivity contribution in [3.8, 4) is 0 Å². The maximum Gasteiger partial charge on any atom is 0.255 e. The van der Waals surface area contributed by atoms with Crippen molar-refractivity contribution in [1.82, 2.24) is 15.2 Å². The molecule has 2 amide bonds. The highest BCUT2D eigenvalue weighted by Crippen LogP contribution is 2.22. The average Bonchev–Trinajstić information content (AvgIpc) is 3.33. The summed E-state index contributed by atoms with van der Waals surface area (Å²) in [6.45, 7) is 5.48. The fourth-order valence-electron chi connectivity index (χ4n) is 4.05. The molecule has 6 heteroatoms. The van der Waals surface area contributed by atoms with Crippen molar-refractivity contribution in [3.05, 3.63) is 94.8 Å². The number of carbonyl (C=O) groups is 2. The second-order valence-electron chi connectivity index (χ2n) is 8.12. The number of likely N-dealkylation sites (tertiary alicyclic amines) is 1. The molecule has 6 nitrogen and oxygen atoms in total. The molecular weight excluding hydrogens is 400 g/mol. The highest BCUT2D eigenvalue weighted by Gasteiger charge is 2.17. The lowest BCUT2D eigenvalue weighted by Gasteiger charge is -2.18. The van der Waals surface area contributed by atoms with E-state index in [0.29, 0.717) is 23.4 Å². The molecule has 3 aromatic rings. The first-order valence-corrected chi connectivity index (χ1v) is 11.0. The normalized spacial score (nSPS) is 13.7. The largest absolute Gasteiger partial charge is 0.348 e. The van der Waals surface area contributed by atoms with E-state index >= 15 is 0 Å². The molecule has 0 aliphatic carbocycles. The topological polar surface area (TPSA) is 74.3 Å². The van der Waals surface area contributed by atoms with Crippen molar-refractivity contribution in [3.63, 3.8) is 0 Å². The number of nitrogens with one attached hydrogen (secondary N) is 2. The molecule has 1 aliphatic heterocycles. The van der Waals surface area contributed by atoms with Crippen LogP contribution in [-0.4, -0.2) is 34.8 Å². The lowest BCUT2D eigenvalue weighted by atomic mass is 10.0. The Morgan fingerprint density at radius 1 is 0.906 bits per heavy atom. The van der Waals surface area contributed by atoms with Crippen LogP contribution in [0.2, 0.25) is 0 Å². The molecule has 0 saturated carbocycles. The van der Waals surface area contributed by atoms with Crippen LogP contribution < -0.4 is 10.6 Å². The van der Waals surface area contributed by atoms with Crippen molar-refractivity contribution in [2.24, 2.45) is 0 Å². The molecule has 1 aromatic heterocycles. The van der Waals surface area contributed by atoms with Crippen LogP contribution in [0.4, 0.5) is 5.69 Å². The summed E-state index contributed by atoms with van der Waals surface area (Å²) in [5, 5.41) is 5.94. The van der Waals surface area contributed by atoms with Gasteiger partial charge in [0.2, 0.25) is 0 Å². The predicted molar refractivity (Wildman–Crippen MR) is 125 cm³/mol. The van der Waals surface area contributed by atoms with Gasteiger partial charge in [-0.1, -0.05) is 36.4 Å². The third-order valence-corrected chi connectivity index (χ3v) is 5.85. The first-order valence-electron chi connectivity index (χ1n) is 11.0. The number of aromatic nitrogens is 1. The Labute approximate surface area is 188 Å². The van der Waals surface area contributed by atoms with E-state index in [0.717, 1.165) is 30.8 Å². The summed E-state index contributed by atoms with van der Waals surface area (Å²) in [4.78, 5) is 32.1. The van der Waals surface area contributed by atoms with Gasteiger partial charge >= 0.3 is 0 Å². The highest BCUT2D eigenvalue weighted by atomic mass is 16.2. The molecule has 0 bridgehead atoms. The summed E-state index contributed by atoms with van der Waals surface area (Å²) in [5.41, 5.74) is 4.65. The third kappa shape index (κ3) is 5.21. The molecular formula is C26H28N4O2. The Morgan fingerprint density at radius 2 is 1.62 bits per heavy atom. The summed E-state index contributed by atoms with van der Waals surface area (Å²) in [6.07, 6.45) is 5.64. The van der Waals surface area contributed by atoms with Crippen LogP contribution in [0.25, 0.3) is 0 Å². The van der Waals surface area contributed by atoms with Crippen molar-refractivity contribution in [1.29, 1.82) is 0 Å². The number of nitrogens with zero attached hydrogens (tertiary/aromatic N) is 2. The molecule has 0 spiro atoms. The van der Waals surface area contributed by atoms with Gasteiger partial charge in [0.1, 0.15) is 0 Å². The molecule has 164 valence electrons. The van der Waals surface area contributed by atoms with Gasteiger partial charge < -0.3 is 10.6 Å². The van der Waals surface area contributed by atoms with Gasteiger partial charge in [0.15, 0.2) is 0 Å². The average molecular weight is 429 g/mol. The second-order valence-corrected chi connectivity index (χ2v) is 8.12. The van der Waals surface area contributed by atoms with E-state index in [9.17, 15) is 9.59 Å². The monoisotopic (exact) mass is 428 g/mol. The van der Waals surface area contributed by atoms with Crippen LogP contribution in [0.15, 0.2) is 67.0 Å². The van der Waals surface area contributed by atoms with E-state index in [1.807, 2.05) is 31.2 Å². The minimum atomic E-state index is -0.272. The van der Waals surface area contributed by atoms with Gasteiger partial charge in [-0.05, 0) is 67.7 Å². The highest BCUT2D eigenvalue weighted by molar-refractivity contribution is 6.09. The van der Waals surface area contributed by atoms with Crippen LogP contribution in [-0.2, 0) is 13.1 Å². The smallest absolute Gasteiger partial charge is 0.255 e. The second kappa shape index (κ2) is 10.2. The van der Waals surface area contributed by atoms with Crippen LogP contribution in [0.3, 0.4) is 0 Å². The molecule has 2 heterocycles. The minimum Gasteiger partial charge on any atom is -0.348 e. The lowest BCUT2D eigenvalue weighted by Crippen LogP contribution is -2.26. The van der Waals surface area contributed by atoms with Gasteiger partial charge in [0.25, 0.3) is 11.8 Å². The summed E-state index contributed by atoms with van der Waals surface area (Å²) < 4.78 is 0. The zero-order valence-electron chi connectivity index (χ0n) is 18.3. The summed E-state index contributed by atoms with van der Waals surface area (Å²) in [7, 11) is 0. The minimum absolute atomic E-state index is 0.213. The van der Waals surface area contributed by atoms with E-state index in [1.54, 1.807) is 30.6 Å². The number of benzene rings is 2.